The Morgan fingerprint density at radius 2 is 2.23 bits per heavy atom. The first-order valence-electron chi connectivity index (χ1n) is 4.94. The number of nitrogens with two attached hydrogens (primary N) is 2. The van der Waals surface area contributed by atoms with Crippen LogP contribution < -0.4 is 11.5 Å². The molecule has 1 unspecified atom stereocenters. The minimum Gasteiger partial charge on any atom is -0.327 e. The van der Waals surface area contributed by atoms with Crippen molar-refractivity contribution in [1.29, 1.82) is 0 Å². The predicted octanol–water partition coefficient (Wildman–Crippen LogP) is 1.43. The molecule has 2 heteroatoms. The lowest BCUT2D eigenvalue weighted by Crippen LogP contribution is -2.44. The highest BCUT2D eigenvalue weighted by Gasteiger charge is 2.32. The maximum atomic E-state index is 5.87. The average molecular weight is 180 g/mol. The van der Waals surface area contributed by atoms with E-state index in [9.17, 15) is 0 Å². The van der Waals surface area contributed by atoms with Gasteiger partial charge in [0.15, 0.2) is 0 Å². The van der Waals surface area contributed by atoms with Crippen LogP contribution in [-0.2, 0) is 0 Å². The van der Waals surface area contributed by atoms with Crippen molar-refractivity contribution < 1.29 is 0 Å². The fourth-order valence-corrected chi connectivity index (χ4v) is 1.72. The number of allylic oxidation sites excluding steroid dienone is 2. The second kappa shape index (κ2) is 4.58. The molecule has 0 aromatic carbocycles. The lowest BCUT2D eigenvalue weighted by atomic mass is 9.71. The van der Waals surface area contributed by atoms with Crippen molar-refractivity contribution in [2.45, 2.75) is 26.3 Å². The van der Waals surface area contributed by atoms with Gasteiger partial charge in [-0.3, -0.25) is 0 Å². The zero-order chi connectivity index (χ0) is 9.84. The van der Waals surface area contributed by atoms with Crippen LogP contribution in [0.25, 0.3) is 0 Å². The van der Waals surface area contributed by atoms with Crippen molar-refractivity contribution in [1.82, 2.24) is 0 Å². The molecule has 0 aromatic heterocycles. The smallest absolute Gasteiger partial charge is 0.0137 e. The van der Waals surface area contributed by atoms with Crippen LogP contribution >= 0.6 is 0 Å². The van der Waals surface area contributed by atoms with E-state index in [4.69, 9.17) is 11.5 Å². The highest BCUT2D eigenvalue weighted by molar-refractivity contribution is 5.14. The van der Waals surface area contributed by atoms with Crippen LogP contribution in [0.3, 0.4) is 0 Å². The van der Waals surface area contributed by atoms with Crippen molar-refractivity contribution in [3.8, 4) is 0 Å². The molecule has 0 aliphatic heterocycles. The Morgan fingerprint density at radius 1 is 1.54 bits per heavy atom. The summed E-state index contributed by atoms with van der Waals surface area (Å²) in [5, 5.41) is 0. The van der Waals surface area contributed by atoms with Crippen LogP contribution in [0.5, 0.6) is 0 Å². The number of hydrogen-bond donors (Lipinski definition) is 2. The van der Waals surface area contributed by atoms with Gasteiger partial charge < -0.3 is 11.5 Å². The summed E-state index contributed by atoms with van der Waals surface area (Å²) in [5.41, 5.74) is 12.5. The van der Waals surface area contributed by atoms with E-state index in [2.05, 4.69) is 25.2 Å². The number of hydrogen-bond acceptors (Lipinski definition) is 2. The summed E-state index contributed by atoms with van der Waals surface area (Å²) in [6.07, 6.45) is 7.52. The molecule has 3 atom stereocenters. The summed E-state index contributed by atoms with van der Waals surface area (Å²) in [6.45, 7) is 4.92. The molecule has 1 rings (SSSR count). The summed E-state index contributed by atoms with van der Waals surface area (Å²) in [5.74, 6) is 1.32. The van der Waals surface area contributed by atoms with E-state index in [1.54, 1.807) is 0 Å². The van der Waals surface area contributed by atoms with Gasteiger partial charge in [-0.1, -0.05) is 30.7 Å². The van der Waals surface area contributed by atoms with Crippen LogP contribution in [0.1, 0.15) is 20.3 Å². The number of rotatable bonds is 3. The van der Waals surface area contributed by atoms with Crippen LogP contribution in [0.15, 0.2) is 23.8 Å². The van der Waals surface area contributed by atoms with Crippen molar-refractivity contribution in [2.75, 3.05) is 6.54 Å². The minimum atomic E-state index is 0.373. The molecule has 0 amide bonds. The summed E-state index contributed by atoms with van der Waals surface area (Å²) < 4.78 is 0. The Bertz CT molecular complexity index is 210. The first-order chi connectivity index (χ1) is 6.15. The molecule has 13 heavy (non-hydrogen) atoms. The Morgan fingerprint density at radius 3 is 2.69 bits per heavy atom. The van der Waals surface area contributed by atoms with Gasteiger partial charge >= 0.3 is 0 Å². The van der Waals surface area contributed by atoms with Gasteiger partial charge in [-0.15, -0.1) is 0 Å². The van der Waals surface area contributed by atoms with E-state index in [1.807, 2.05) is 6.92 Å². The molecule has 0 aromatic rings. The lowest BCUT2D eigenvalue weighted by molar-refractivity contribution is 0.202. The zero-order valence-corrected chi connectivity index (χ0v) is 8.53. The molecule has 2 nitrogen and oxygen atoms in total. The summed E-state index contributed by atoms with van der Waals surface area (Å²) in [7, 11) is 0. The molecule has 0 spiro atoms. The molecule has 74 valence electrons. The lowest BCUT2D eigenvalue weighted by Gasteiger charge is -2.38. The highest BCUT2D eigenvalue weighted by Crippen LogP contribution is 2.33. The van der Waals surface area contributed by atoms with Gasteiger partial charge in [0.2, 0.25) is 0 Å². The molecule has 1 aliphatic carbocycles. The molecule has 4 N–H and O–H groups in total. The largest absolute Gasteiger partial charge is 0.327 e. The van der Waals surface area contributed by atoms with Gasteiger partial charge in [0.25, 0.3) is 0 Å². The third-order valence-corrected chi connectivity index (χ3v) is 2.83. The Balaban J connectivity index is 2.39. The second-order valence-corrected chi connectivity index (χ2v) is 4.06. The molecule has 0 saturated heterocycles. The summed E-state index contributed by atoms with van der Waals surface area (Å²) in [6, 6.07) is 0.373. The Labute approximate surface area is 80.7 Å². The van der Waals surface area contributed by atoms with E-state index in [-0.39, 0.29) is 0 Å². The van der Waals surface area contributed by atoms with Crippen LogP contribution in [-0.4, -0.2) is 12.6 Å². The van der Waals surface area contributed by atoms with Crippen molar-refractivity contribution in [2.24, 2.45) is 23.3 Å². The van der Waals surface area contributed by atoms with Gasteiger partial charge in [0.1, 0.15) is 0 Å². The fourth-order valence-electron chi connectivity index (χ4n) is 1.72. The van der Waals surface area contributed by atoms with Gasteiger partial charge in [-0.25, -0.2) is 0 Å². The van der Waals surface area contributed by atoms with Crippen molar-refractivity contribution in [3.05, 3.63) is 23.8 Å². The third kappa shape index (κ3) is 2.68. The van der Waals surface area contributed by atoms with E-state index in [1.165, 1.54) is 5.57 Å². The molecule has 0 radical (unpaired) electrons. The zero-order valence-electron chi connectivity index (χ0n) is 8.53. The second-order valence-electron chi connectivity index (χ2n) is 4.06. The quantitative estimate of drug-likeness (QED) is 0.646. The maximum absolute atomic E-state index is 5.87. The first-order valence-corrected chi connectivity index (χ1v) is 4.94. The molecule has 0 heterocycles. The van der Waals surface area contributed by atoms with Gasteiger partial charge in [-0.05, 0) is 25.2 Å². The standard InChI is InChI=1S/C11H20N2/c1-8(7-12)4-3-5-10-9(2)6-11(10)13/h3-5,9-11H,6-7,12-13H2,1-2H3/b5-3-,8-4+/t9?,10-,11-/m1/s1. The Kier molecular flexibility index (Phi) is 3.70. The first kappa shape index (κ1) is 10.5. The summed E-state index contributed by atoms with van der Waals surface area (Å²) in [4.78, 5) is 0. The third-order valence-electron chi connectivity index (χ3n) is 2.83. The summed E-state index contributed by atoms with van der Waals surface area (Å²) >= 11 is 0. The molecular weight excluding hydrogens is 160 g/mol. The normalized spacial score (nSPS) is 35.1. The Hall–Kier alpha value is -0.600. The van der Waals surface area contributed by atoms with E-state index >= 15 is 0 Å². The molecule has 1 aliphatic rings. The predicted molar refractivity (Wildman–Crippen MR) is 57.2 cm³/mol. The SMILES string of the molecule is C/C(=C\C=C/[C@@H]1C(C)C[C@H]1N)CN. The van der Waals surface area contributed by atoms with E-state index < -0.39 is 0 Å². The average Bonchev–Trinajstić information content (AvgIpc) is 2.12. The van der Waals surface area contributed by atoms with E-state index in [0.29, 0.717) is 18.5 Å². The molecule has 1 saturated carbocycles. The molecule has 0 bridgehead atoms. The van der Waals surface area contributed by atoms with Gasteiger partial charge in [0, 0.05) is 12.6 Å². The topological polar surface area (TPSA) is 52.0 Å². The van der Waals surface area contributed by atoms with Crippen molar-refractivity contribution >= 4 is 0 Å². The monoisotopic (exact) mass is 180 g/mol. The van der Waals surface area contributed by atoms with Crippen LogP contribution in [0.2, 0.25) is 0 Å². The minimum absolute atomic E-state index is 0.373. The van der Waals surface area contributed by atoms with Crippen molar-refractivity contribution in [3.63, 3.8) is 0 Å². The van der Waals surface area contributed by atoms with Crippen LogP contribution in [0, 0.1) is 11.8 Å². The van der Waals surface area contributed by atoms with Gasteiger partial charge in [-0.2, -0.15) is 0 Å². The molecule has 1 fully saturated rings. The fraction of sp³-hybridized carbons (Fsp3) is 0.636. The van der Waals surface area contributed by atoms with E-state index in [0.717, 1.165) is 12.3 Å². The van der Waals surface area contributed by atoms with Gasteiger partial charge in [0.05, 0.1) is 0 Å². The molecular formula is C11H20N2. The highest BCUT2D eigenvalue weighted by atomic mass is 14.7. The van der Waals surface area contributed by atoms with Crippen LogP contribution in [0.4, 0.5) is 0 Å². The maximum Gasteiger partial charge on any atom is 0.0137 e.